The molecule has 2 aliphatic heterocycles. The number of carbonyl (C=O) groups is 1. The summed E-state index contributed by atoms with van der Waals surface area (Å²) >= 11 is 0. The molecular weight excluding hydrogens is 230 g/mol. The monoisotopic (exact) mass is 247 g/mol. The number of ether oxygens (including phenoxy) is 1. The van der Waals surface area contributed by atoms with Gasteiger partial charge in [-0.05, 0) is 24.1 Å². The molecule has 1 aromatic rings. The third-order valence-corrected chi connectivity index (χ3v) is 3.50. The molecule has 2 heterocycles. The normalized spacial score (nSPS) is 19.3. The molecule has 0 bridgehead atoms. The average Bonchev–Trinajstić information content (AvgIpc) is 2.39. The molecule has 1 fully saturated rings. The van der Waals surface area contributed by atoms with Crippen LogP contribution in [0.2, 0.25) is 0 Å². The van der Waals surface area contributed by atoms with E-state index in [1.54, 1.807) is 0 Å². The molecule has 5 nitrogen and oxygen atoms in total. The molecule has 0 unspecified atom stereocenters. The summed E-state index contributed by atoms with van der Waals surface area (Å²) in [7, 11) is 0. The smallest absolute Gasteiger partial charge is 0.224 e. The third-order valence-electron chi connectivity index (χ3n) is 3.50. The Kier molecular flexibility index (Phi) is 2.83. The van der Waals surface area contributed by atoms with Crippen molar-refractivity contribution < 1.29 is 9.53 Å². The molecule has 0 aromatic heterocycles. The van der Waals surface area contributed by atoms with Gasteiger partial charge >= 0.3 is 0 Å². The molecule has 0 saturated carbocycles. The summed E-state index contributed by atoms with van der Waals surface area (Å²) in [5, 5.41) is 2.91. The second-order valence-electron chi connectivity index (χ2n) is 4.72. The maximum absolute atomic E-state index is 11.4. The van der Waals surface area contributed by atoms with E-state index in [4.69, 9.17) is 10.5 Å². The Labute approximate surface area is 106 Å². The minimum atomic E-state index is 0.0835. The molecule has 1 amide bonds. The highest BCUT2D eigenvalue weighted by Crippen LogP contribution is 2.33. The van der Waals surface area contributed by atoms with E-state index in [1.165, 1.54) is 0 Å². The summed E-state index contributed by atoms with van der Waals surface area (Å²) in [6.45, 7) is 3.14. The standard InChI is InChI=1S/C13H17N3O2/c14-10-7-9-1-2-13(17)15-11(9)8-12(10)16-3-5-18-6-4-16/h7-8H,1-6,14H2,(H,15,17). The molecule has 5 heteroatoms. The zero-order chi connectivity index (χ0) is 12.5. The van der Waals surface area contributed by atoms with Crippen LogP contribution < -0.4 is 16.0 Å². The Balaban J connectivity index is 1.94. The average molecular weight is 247 g/mol. The van der Waals surface area contributed by atoms with Crippen molar-refractivity contribution in [3.8, 4) is 0 Å². The molecule has 3 rings (SSSR count). The summed E-state index contributed by atoms with van der Waals surface area (Å²) in [5.74, 6) is 0.0835. The van der Waals surface area contributed by atoms with Gasteiger partial charge in [0.2, 0.25) is 5.91 Å². The van der Waals surface area contributed by atoms with Crippen LogP contribution in [-0.2, 0) is 16.0 Å². The molecule has 3 N–H and O–H groups in total. The van der Waals surface area contributed by atoms with Gasteiger partial charge in [-0.15, -0.1) is 0 Å². The zero-order valence-electron chi connectivity index (χ0n) is 10.2. The van der Waals surface area contributed by atoms with Crippen molar-refractivity contribution in [2.45, 2.75) is 12.8 Å². The van der Waals surface area contributed by atoms with Gasteiger partial charge in [-0.3, -0.25) is 4.79 Å². The van der Waals surface area contributed by atoms with E-state index in [2.05, 4.69) is 10.2 Å². The summed E-state index contributed by atoms with van der Waals surface area (Å²) in [6, 6.07) is 3.98. The van der Waals surface area contributed by atoms with E-state index < -0.39 is 0 Å². The minimum absolute atomic E-state index is 0.0835. The lowest BCUT2D eigenvalue weighted by atomic mass is 10.0. The molecular formula is C13H17N3O2. The van der Waals surface area contributed by atoms with Crippen molar-refractivity contribution in [2.24, 2.45) is 0 Å². The van der Waals surface area contributed by atoms with Crippen LogP contribution in [0, 0.1) is 0 Å². The van der Waals surface area contributed by atoms with Crippen LogP contribution >= 0.6 is 0 Å². The first-order valence-corrected chi connectivity index (χ1v) is 6.29. The number of amides is 1. The summed E-state index contributed by atoms with van der Waals surface area (Å²) in [5.41, 5.74) is 9.93. The van der Waals surface area contributed by atoms with Crippen molar-refractivity contribution in [2.75, 3.05) is 42.3 Å². The van der Waals surface area contributed by atoms with Crippen molar-refractivity contribution >= 4 is 23.0 Å². The van der Waals surface area contributed by atoms with E-state index in [0.717, 1.165) is 55.3 Å². The van der Waals surface area contributed by atoms with Crippen LogP contribution in [-0.4, -0.2) is 32.2 Å². The van der Waals surface area contributed by atoms with Gasteiger partial charge in [0.1, 0.15) is 0 Å². The van der Waals surface area contributed by atoms with E-state index in [-0.39, 0.29) is 5.91 Å². The number of nitrogens with zero attached hydrogens (tertiary/aromatic N) is 1. The number of benzene rings is 1. The number of rotatable bonds is 1. The lowest BCUT2D eigenvalue weighted by Gasteiger charge is -2.31. The van der Waals surface area contributed by atoms with Gasteiger partial charge in [0, 0.05) is 25.2 Å². The molecule has 0 radical (unpaired) electrons. The first-order valence-electron chi connectivity index (χ1n) is 6.29. The van der Waals surface area contributed by atoms with E-state index in [9.17, 15) is 4.79 Å². The lowest BCUT2D eigenvalue weighted by Crippen LogP contribution is -2.36. The fourth-order valence-corrected chi connectivity index (χ4v) is 2.51. The zero-order valence-corrected chi connectivity index (χ0v) is 10.2. The second-order valence-corrected chi connectivity index (χ2v) is 4.72. The number of hydrogen-bond acceptors (Lipinski definition) is 4. The molecule has 18 heavy (non-hydrogen) atoms. The van der Waals surface area contributed by atoms with E-state index >= 15 is 0 Å². The summed E-state index contributed by atoms with van der Waals surface area (Å²) < 4.78 is 5.34. The first kappa shape index (κ1) is 11.3. The SMILES string of the molecule is Nc1cc2c(cc1N1CCOCC1)NC(=O)CC2. The summed E-state index contributed by atoms with van der Waals surface area (Å²) in [4.78, 5) is 13.6. The van der Waals surface area contributed by atoms with Gasteiger partial charge < -0.3 is 20.7 Å². The number of hydrogen-bond donors (Lipinski definition) is 2. The highest BCUT2D eigenvalue weighted by Gasteiger charge is 2.20. The van der Waals surface area contributed by atoms with Crippen LogP contribution in [0.25, 0.3) is 0 Å². The van der Waals surface area contributed by atoms with Crippen molar-refractivity contribution in [3.63, 3.8) is 0 Å². The van der Waals surface area contributed by atoms with Gasteiger partial charge in [0.05, 0.1) is 24.6 Å². The predicted octanol–water partition coefficient (Wildman–Crippen LogP) is 0.990. The largest absolute Gasteiger partial charge is 0.397 e. The van der Waals surface area contributed by atoms with Gasteiger partial charge in [0.15, 0.2) is 0 Å². The number of anilines is 3. The van der Waals surface area contributed by atoms with Crippen molar-refractivity contribution in [1.82, 2.24) is 0 Å². The van der Waals surface area contributed by atoms with Crippen LogP contribution in [0.3, 0.4) is 0 Å². The molecule has 2 aliphatic rings. The Hall–Kier alpha value is -1.75. The van der Waals surface area contributed by atoms with E-state index in [0.29, 0.717) is 6.42 Å². The van der Waals surface area contributed by atoms with Crippen molar-refractivity contribution in [1.29, 1.82) is 0 Å². The fourth-order valence-electron chi connectivity index (χ4n) is 2.51. The van der Waals surface area contributed by atoms with Gasteiger partial charge in [-0.1, -0.05) is 0 Å². The fraction of sp³-hybridized carbons (Fsp3) is 0.462. The Morgan fingerprint density at radius 1 is 1.22 bits per heavy atom. The number of fused-ring (bicyclic) bond motifs is 1. The molecule has 96 valence electrons. The molecule has 1 aromatic carbocycles. The highest BCUT2D eigenvalue weighted by molar-refractivity contribution is 5.95. The van der Waals surface area contributed by atoms with Crippen LogP contribution in [0.4, 0.5) is 17.1 Å². The Morgan fingerprint density at radius 2 is 2.00 bits per heavy atom. The number of nitrogens with one attached hydrogen (secondary N) is 1. The van der Waals surface area contributed by atoms with Crippen molar-refractivity contribution in [3.05, 3.63) is 17.7 Å². The van der Waals surface area contributed by atoms with Gasteiger partial charge in [-0.25, -0.2) is 0 Å². The maximum atomic E-state index is 11.4. The third kappa shape index (κ3) is 2.01. The molecule has 1 saturated heterocycles. The molecule has 0 spiro atoms. The number of nitrogens with two attached hydrogens (primary N) is 1. The molecule has 0 aliphatic carbocycles. The Morgan fingerprint density at radius 3 is 2.78 bits per heavy atom. The quantitative estimate of drug-likeness (QED) is 0.726. The topological polar surface area (TPSA) is 67.6 Å². The summed E-state index contributed by atoms with van der Waals surface area (Å²) in [6.07, 6.45) is 1.32. The van der Waals surface area contributed by atoms with Crippen LogP contribution in [0.5, 0.6) is 0 Å². The number of morpholine rings is 1. The number of nitrogen functional groups attached to an aromatic ring is 1. The van der Waals surface area contributed by atoms with Crippen LogP contribution in [0.1, 0.15) is 12.0 Å². The second kappa shape index (κ2) is 4.49. The number of aryl methyl sites for hydroxylation is 1. The predicted molar refractivity (Wildman–Crippen MR) is 70.8 cm³/mol. The highest BCUT2D eigenvalue weighted by atomic mass is 16.5. The lowest BCUT2D eigenvalue weighted by molar-refractivity contribution is -0.116. The Bertz CT molecular complexity index is 481. The first-order chi connectivity index (χ1) is 8.74. The maximum Gasteiger partial charge on any atom is 0.224 e. The minimum Gasteiger partial charge on any atom is -0.397 e. The number of carbonyl (C=O) groups excluding carboxylic acids is 1. The van der Waals surface area contributed by atoms with Crippen LogP contribution in [0.15, 0.2) is 12.1 Å². The van der Waals surface area contributed by atoms with E-state index in [1.807, 2.05) is 12.1 Å². The molecule has 0 atom stereocenters. The van der Waals surface area contributed by atoms with Gasteiger partial charge in [0.25, 0.3) is 0 Å². The van der Waals surface area contributed by atoms with Gasteiger partial charge in [-0.2, -0.15) is 0 Å².